The fourth-order valence-electron chi connectivity index (χ4n) is 2.14. The Morgan fingerprint density at radius 2 is 1.84 bits per heavy atom. The minimum absolute atomic E-state index is 0.000547. The summed E-state index contributed by atoms with van der Waals surface area (Å²) in [4.78, 5) is 20.0. The Morgan fingerprint density at radius 1 is 1.08 bits per heavy atom. The molecule has 10 heteroatoms. The van der Waals surface area contributed by atoms with Crippen LogP contribution in [0.15, 0.2) is 60.9 Å². The van der Waals surface area contributed by atoms with Gasteiger partial charge >= 0.3 is 5.76 Å². The van der Waals surface area contributed by atoms with E-state index in [4.69, 9.17) is 8.94 Å². The van der Waals surface area contributed by atoms with E-state index in [1.807, 2.05) is 24.3 Å². The molecule has 3 aromatic heterocycles. The molecule has 4 aromatic rings. The van der Waals surface area contributed by atoms with Crippen molar-refractivity contribution in [2.24, 2.45) is 0 Å². The summed E-state index contributed by atoms with van der Waals surface area (Å²) in [5.74, 6) is 0.380. The molecule has 1 aromatic carbocycles. The molecule has 3 heterocycles. The minimum Gasteiger partial charge on any atom is -0.419 e. The van der Waals surface area contributed by atoms with E-state index < -0.39 is 5.76 Å². The van der Waals surface area contributed by atoms with Gasteiger partial charge in [0.25, 0.3) is 0 Å². The summed E-state index contributed by atoms with van der Waals surface area (Å²) >= 11 is 3.37. The molecule has 0 spiro atoms. The van der Waals surface area contributed by atoms with Crippen LogP contribution in [0.1, 0.15) is 5.89 Å². The predicted molar refractivity (Wildman–Crippen MR) is 88.3 cm³/mol. The van der Waals surface area contributed by atoms with Crippen molar-refractivity contribution >= 4 is 15.9 Å². The van der Waals surface area contributed by atoms with Crippen molar-refractivity contribution in [3.8, 4) is 23.1 Å². The van der Waals surface area contributed by atoms with Gasteiger partial charge in [-0.05, 0) is 30.3 Å². The van der Waals surface area contributed by atoms with E-state index in [1.54, 1.807) is 18.5 Å². The zero-order chi connectivity index (χ0) is 17.2. The summed E-state index contributed by atoms with van der Waals surface area (Å²) in [5, 5.41) is 11.7. The Kier molecular flexibility index (Phi) is 3.94. The molecule has 9 nitrogen and oxygen atoms in total. The van der Waals surface area contributed by atoms with Crippen LogP contribution in [-0.2, 0) is 6.54 Å². The van der Waals surface area contributed by atoms with Gasteiger partial charge in [-0.15, -0.1) is 10.2 Å². The van der Waals surface area contributed by atoms with Crippen LogP contribution >= 0.6 is 15.9 Å². The van der Waals surface area contributed by atoms with Crippen LogP contribution in [-0.4, -0.2) is 29.9 Å². The molecule has 25 heavy (non-hydrogen) atoms. The molecule has 4 rings (SSSR count). The summed E-state index contributed by atoms with van der Waals surface area (Å²) in [6.07, 6.45) is 3.09. The molecular formula is C15H9BrN6O3. The normalized spacial score (nSPS) is 10.9. The molecule has 0 saturated heterocycles. The highest BCUT2D eigenvalue weighted by atomic mass is 79.9. The first-order valence-electron chi connectivity index (χ1n) is 7.13. The lowest BCUT2D eigenvalue weighted by atomic mass is 10.2. The van der Waals surface area contributed by atoms with Crippen molar-refractivity contribution in [3.63, 3.8) is 0 Å². The number of rotatable bonds is 4. The lowest BCUT2D eigenvalue weighted by Gasteiger charge is -1.99. The first-order valence-corrected chi connectivity index (χ1v) is 7.92. The van der Waals surface area contributed by atoms with Gasteiger partial charge in [-0.25, -0.2) is 19.3 Å². The number of hydrogen-bond acceptors (Lipinski definition) is 8. The summed E-state index contributed by atoms with van der Waals surface area (Å²) < 4.78 is 12.5. The average Bonchev–Trinajstić information content (AvgIpc) is 3.24. The van der Waals surface area contributed by atoms with Crippen LogP contribution in [0.3, 0.4) is 0 Å². The number of aromatic nitrogens is 6. The Morgan fingerprint density at radius 3 is 2.60 bits per heavy atom. The third-order valence-electron chi connectivity index (χ3n) is 3.30. The lowest BCUT2D eigenvalue weighted by molar-refractivity contribution is 0.373. The van der Waals surface area contributed by atoms with Crippen molar-refractivity contribution < 1.29 is 8.94 Å². The third kappa shape index (κ3) is 3.11. The first kappa shape index (κ1) is 15.4. The second-order valence-corrected chi connectivity index (χ2v) is 5.85. The average molecular weight is 401 g/mol. The molecule has 0 amide bonds. The molecule has 0 aliphatic heterocycles. The third-order valence-corrected chi connectivity index (χ3v) is 3.83. The SMILES string of the molecule is O=c1onc(-c2ncccn2)n1Cc1nnc(-c2ccc(Br)cc2)o1. The summed E-state index contributed by atoms with van der Waals surface area (Å²) in [6, 6.07) is 9.09. The highest BCUT2D eigenvalue weighted by Crippen LogP contribution is 2.21. The molecule has 0 saturated carbocycles. The zero-order valence-corrected chi connectivity index (χ0v) is 14.1. The Hall–Kier alpha value is -3.14. The number of benzene rings is 1. The molecular weight excluding hydrogens is 392 g/mol. The van der Waals surface area contributed by atoms with Gasteiger partial charge in [0.05, 0.1) is 0 Å². The molecule has 0 unspecified atom stereocenters. The highest BCUT2D eigenvalue weighted by molar-refractivity contribution is 9.10. The predicted octanol–water partition coefficient (Wildman–Crippen LogP) is 2.15. The topological polar surface area (TPSA) is 113 Å². The summed E-state index contributed by atoms with van der Waals surface area (Å²) in [7, 11) is 0. The van der Waals surface area contributed by atoms with Crippen molar-refractivity contribution in [2.75, 3.05) is 0 Å². The minimum atomic E-state index is -0.661. The van der Waals surface area contributed by atoms with E-state index in [0.29, 0.717) is 5.89 Å². The van der Waals surface area contributed by atoms with E-state index in [1.165, 1.54) is 4.57 Å². The van der Waals surface area contributed by atoms with Crippen LogP contribution in [0.5, 0.6) is 0 Å². The molecule has 0 atom stereocenters. The van der Waals surface area contributed by atoms with Gasteiger partial charge in [-0.1, -0.05) is 21.1 Å². The van der Waals surface area contributed by atoms with Gasteiger partial charge in [0.15, 0.2) is 5.82 Å². The van der Waals surface area contributed by atoms with Crippen molar-refractivity contribution in [1.29, 1.82) is 0 Å². The molecule has 0 N–H and O–H groups in total. The van der Waals surface area contributed by atoms with E-state index in [2.05, 4.69) is 41.3 Å². The van der Waals surface area contributed by atoms with Gasteiger partial charge in [-0.3, -0.25) is 4.52 Å². The Bertz CT molecular complexity index is 1050. The Balaban J connectivity index is 1.65. The second kappa shape index (κ2) is 6.40. The standard InChI is InChI=1S/C15H9BrN6O3/c16-10-4-2-9(3-5-10)14-20-19-11(24-14)8-22-13(21-25-15(22)23)12-17-6-1-7-18-12/h1-7H,8H2. The van der Waals surface area contributed by atoms with Gasteiger partial charge in [-0.2, -0.15) is 0 Å². The first-order chi connectivity index (χ1) is 12.2. The van der Waals surface area contributed by atoms with Gasteiger partial charge in [0, 0.05) is 22.4 Å². The quantitative estimate of drug-likeness (QED) is 0.511. The van der Waals surface area contributed by atoms with Crippen molar-refractivity contribution in [2.45, 2.75) is 6.54 Å². The van der Waals surface area contributed by atoms with E-state index >= 15 is 0 Å². The molecule has 0 radical (unpaired) electrons. The van der Waals surface area contributed by atoms with Gasteiger partial charge in [0.2, 0.25) is 17.6 Å². The highest BCUT2D eigenvalue weighted by Gasteiger charge is 2.18. The molecule has 0 aliphatic rings. The smallest absolute Gasteiger partial charge is 0.419 e. The fraction of sp³-hybridized carbons (Fsp3) is 0.0667. The maximum Gasteiger partial charge on any atom is 0.442 e. The molecule has 0 fully saturated rings. The Labute approximate surface area is 148 Å². The number of hydrogen-bond donors (Lipinski definition) is 0. The fourth-order valence-corrected chi connectivity index (χ4v) is 2.41. The van der Waals surface area contributed by atoms with Gasteiger partial charge < -0.3 is 4.42 Å². The lowest BCUT2D eigenvalue weighted by Crippen LogP contribution is -2.17. The van der Waals surface area contributed by atoms with Crippen LogP contribution in [0.4, 0.5) is 0 Å². The maximum atomic E-state index is 11.9. The van der Waals surface area contributed by atoms with E-state index in [-0.39, 0.29) is 24.1 Å². The monoisotopic (exact) mass is 400 g/mol. The molecule has 124 valence electrons. The van der Waals surface area contributed by atoms with Gasteiger partial charge in [0.1, 0.15) is 6.54 Å². The second-order valence-electron chi connectivity index (χ2n) is 4.94. The summed E-state index contributed by atoms with van der Waals surface area (Å²) in [6.45, 7) is -0.000547. The van der Waals surface area contributed by atoms with E-state index in [0.717, 1.165) is 10.0 Å². The van der Waals surface area contributed by atoms with Crippen LogP contribution in [0.25, 0.3) is 23.1 Å². The van der Waals surface area contributed by atoms with E-state index in [9.17, 15) is 4.79 Å². The van der Waals surface area contributed by atoms with Crippen molar-refractivity contribution in [3.05, 3.63) is 63.6 Å². The summed E-state index contributed by atoms with van der Waals surface area (Å²) in [5.41, 5.74) is 0.770. The maximum absolute atomic E-state index is 11.9. The van der Waals surface area contributed by atoms with Crippen LogP contribution < -0.4 is 5.76 Å². The number of nitrogens with zero attached hydrogens (tertiary/aromatic N) is 6. The largest absolute Gasteiger partial charge is 0.442 e. The zero-order valence-electron chi connectivity index (χ0n) is 12.5. The number of halogens is 1. The van der Waals surface area contributed by atoms with Crippen molar-refractivity contribution in [1.82, 2.24) is 29.9 Å². The van der Waals surface area contributed by atoms with Crippen LogP contribution in [0, 0.1) is 0 Å². The molecule has 0 aliphatic carbocycles. The molecule has 0 bridgehead atoms. The van der Waals surface area contributed by atoms with Crippen LogP contribution in [0.2, 0.25) is 0 Å².